The molecule has 6 aromatic rings. The summed E-state index contributed by atoms with van der Waals surface area (Å²) < 4.78 is 2.51. The summed E-state index contributed by atoms with van der Waals surface area (Å²) in [5.74, 6) is 0.0980. The van der Waals surface area contributed by atoms with Gasteiger partial charge in [-0.2, -0.15) is 0 Å². The molecule has 158 valence electrons. The molecule has 1 aromatic heterocycles. The van der Waals surface area contributed by atoms with Gasteiger partial charge in [-0.25, -0.2) is 0 Å². The molecule has 2 aliphatic rings. The second kappa shape index (κ2) is 6.12. The molecule has 0 saturated heterocycles. The number of aromatic nitrogens is 1. The van der Waals surface area contributed by atoms with Gasteiger partial charge in [0.15, 0.2) is 5.78 Å². The second-order valence-corrected chi connectivity index (χ2v) is 9.23. The molecule has 0 amide bonds. The molecule has 2 heterocycles. The van der Waals surface area contributed by atoms with Crippen LogP contribution in [0.3, 0.4) is 0 Å². The summed E-state index contributed by atoms with van der Waals surface area (Å²) in [5.41, 5.74) is 9.08. The normalized spacial score (nSPS) is 14.8. The van der Waals surface area contributed by atoms with E-state index in [-0.39, 0.29) is 5.78 Å². The highest BCUT2D eigenvalue weighted by atomic mass is 16.1. The molecule has 1 spiro atoms. The average molecular weight is 434 g/mol. The Kier molecular flexibility index (Phi) is 3.25. The zero-order valence-corrected chi connectivity index (χ0v) is 18.3. The minimum atomic E-state index is -0.645. The van der Waals surface area contributed by atoms with Crippen molar-refractivity contribution >= 4 is 27.6 Å². The molecule has 1 aliphatic carbocycles. The fraction of sp³-hybridized carbons (Fsp3) is 0.0312. The molecular weight excluding hydrogens is 414 g/mol. The molecule has 0 radical (unpaired) electrons. The van der Waals surface area contributed by atoms with Crippen molar-refractivity contribution < 1.29 is 4.79 Å². The van der Waals surface area contributed by atoms with E-state index in [2.05, 4.69) is 95.6 Å². The molecule has 0 unspecified atom stereocenters. The lowest BCUT2D eigenvalue weighted by atomic mass is 9.65. The summed E-state index contributed by atoms with van der Waals surface area (Å²) in [6.07, 6.45) is 0. The van der Waals surface area contributed by atoms with Crippen molar-refractivity contribution in [3.8, 4) is 11.1 Å². The van der Waals surface area contributed by atoms with Crippen LogP contribution in [0.5, 0.6) is 0 Å². The SMILES string of the molecule is O=C1c2ccccc2C2(c3ccccc31)c1ccccc1-c1cccc3c4ccccc4n2c13. The lowest BCUT2D eigenvalue weighted by Gasteiger charge is -2.46. The minimum Gasteiger partial charge on any atom is -0.321 e. The topological polar surface area (TPSA) is 22.0 Å². The summed E-state index contributed by atoms with van der Waals surface area (Å²) in [6.45, 7) is 0. The van der Waals surface area contributed by atoms with Crippen molar-refractivity contribution in [2.45, 2.75) is 5.54 Å². The lowest BCUT2D eigenvalue weighted by Crippen LogP contribution is -2.44. The van der Waals surface area contributed by atoms with Gasteiger partial charge in [0.05, 0.1) is 11.0 Å². The predicted octanol–water partition coefficient (Wildman–Crippen LogP) is 7.16. The fourth-order valence-corrected chi connectivity index (χ4v) is 6.55. The highest BCUT2D eigenvalue weighted by Crippen LogP contribution is 2.56. The molecule has 0 saturated carbocycles. The highest BCUT2D eigenvalue weighted by molar-refractivity contribution is 6.17. The van der Waals surface area contributed by atoms with Gasteiger partial charge in [-0.05, 0) is 28.3 Å². The van der Waals surface area contributed by atoms with Crippen LogP contribution < -0.4 is 0 Å². The number of fused-ring (bicyclic) bond motifs is 11. The van der Waals surface area contributed by atoms with Crippen molar-refractivity contribution in [3.63, 3.8) is 0 Å². The van der Waals surface area contributed by atoms with Gasteiger partial charge in [-0.3, -0.25) is 4.79 Å². The first-order valence-corrected chi connectivity index (χ1v) is 11.7. The van der Waals surface area contributed by atoms with E-state index in [9.17, 15) is 4.79 Å². The van der Waals surface area contributed by atoms with Crippen molar-refractivity contribution in [1.82, 2.24) is 4.57 Å². The maximum absolute atomic E-state index is 13.7. The number of para-hydroxylation sites is 2. The van der Waals surface area contributed by atoms with Crippen LogP contribution in [0, 0.1) is 0 Å². The summed E-state index contributed by atoms with van der Waals surface area (Å²) >= 11 is 0. The Bertz CT molecular complexity index is 1790. The smallest absolute Gasteiger partial charge is 0.193 e. The van der Waals surface area contributed by atoms with Gasteiger partial charge in [-0.15, -0.1) is 0 Å². The van der Waals surface area contributed by atoms with Gasteiger partial charge >= 0.3 is 0 Å². The standard InChI is InChI=1S/C32H19NO/c34-31-24-12-2-6-17-27(24)32(28-18-7-3-13-25(28)31)26-16-5-1-10-20(26)22-14-9-15-23-21-11-4-8-19-29(21)33(32)30(22)23/h1-19H. The van der Waals surface area contributed by atoms with Crippen LogP contribution in [0.25, 0.3) is 32.9 Å². The number of carbonyl (C=O) groups excluding carboxylic acids is 1. The van der Waals surface area contributed by atoms with Gasteiger partial charge < -0.3 is 4.57 Å². The van der Waals surface area contributed by atoms with Crippen LogP contribution in [0.1, 0.15) is 32.6 Å². The Balaban J connectivity index is 1.74. The third-order valence-corrected chi connectivity index (χ3v) is 7.76. The van der Waals surface area contributed by atoms with E-state index in [1.54, 1.807) is 0 Å². The molecule has 2 nitrogen and oxygen atoms in total. The van der Waals surface area contributed by atoms with E-state index in [4.69, 9.17) is 0 Å². The summed E-state index contributed by atoms with van der Waals surface area (Å²) in [5, 5.41) is 2.48. The second-order valence-electron chi connectivity index (χ2n) is 9.23. The molecule has 8 rings (SSSR count). The van der Waals surface area contributed by atoms with Crippen molar-refractivity contribution in [2.75, 3.05) is 0 Å². The van der Waals surface area contributed by atoms with Crippen LogP contribution in [0.15, 0.2) is 115 Å². The monoisotopic (exact) mass is 433 g/mol. The number of nitrogens with zero attached hydrogens (tertiary/aromatic N) is 1. The quantitative estimate of drug-likeness (QED) is 0.249. The largest absolute Gasteiger partial charge is 0.321 e. The average Bonchev–Trinajstić information content (AvgIpc) is 3.25. The number of benzene rings is 5. The van der Waals surface area contributed by atoms with E-state index in [1.807, 2.05) is 24.3 Å². The molecule has 1 aliphatic heterocycles. The maximum Gasteiger partial charge on any atom is 0.193 e. The van der Waals surface area contributed by atoms with Gasteiger partial charge in [0, 0.05) is 27.5 Å². The van der Waals surface area contributed by atoms with Gasteiger partial charge in [0.1, 0.15) is 5.54 Å². The zero-order chi connectivity index (χ0) is 22.4. The molecule has 34 heavy (non-hydrogen) atoms. The Labute approximate surface area is 196 Å². The third-order valence-electron chi connectivity index (χ3n) is 7.76. The first kappa shape index (κ1) is 18.0. The predicted molar refractivity (Wildman–Crippen MR) is 136 cm³/mol. The van der Waals surface area contributed by atoms with Crippen molar-refractivity contribution in [1.29, 1.82) is 0 Å². The number of rotatable bonds is 0. The fourth-order valence-electron chi connectivity index (χ4n) is 6.55. The van der Waals surface area contributed by atoms with Crippen molar-refractivity contribution in [3.05, 3.63) is 143 Å². The van der Waals surface area contributed by atoms with E-state index < -0.39 is 5.54 Å². The van der Waals surface area contributed by atoms with Crippen LogP contribution in [-0.2, 0) is 5.54 Å². The van der Waals surface area contributed by atoms with Crippen molar-refractivity contribution in [2.24, 2.45) is 0 Å². The van der Waals surface area contributed by atoms with Gasteiger partial charge in [-0.1, -0.05) is 109 Å². The Morgan fingerprint density at radius 2 is 0.971 bits per heavy atom. The molecule has 0 N–H and O–H groups in total. The number of ketones is 1. The Morgan fingerprint density at radius 1 is 0.471 bits per heavy atom. The molecule has 0 fully saturated rings. The highest BCUT2D eigenvalue weighted by Gasteiger charge is 2.50. The number of hydrogen-bond donors (Lipinski definition) is 0. The maximum atomic E-state index is 13.7. The first-order chi connectivity index (χ1) is 16.8. The Morgan fingerprint density at radius 3 is 1.68 bits per heavy atom. The van der Waals surface area contributed by atoms with E-state index in [0.29, 0.717) is 0 Å². The molecule has 0 bridgehead atoms. The molecule has 0 atom stereocenters. The van der Waals surface area contributed by atoms with Crippen LogP contribution >= 0.6 is 0 Å². The minimum absolute atomic E-state index is 0.0980. The van der Waals surface area contributed by atoms with Gasteiger partial charge in [0.2, 0.25) is 0 Å². The lowest BCUT2D eigenvalue weighted by molar-refractivity contribution is 0.103. The van der Waals surface area contributed by atoms with Crippen LogP contribution in [0.4, 0.5) is 0 Å². The van der Waals surface area contributed by atoms with E-state index in [1.165, 1.54) is 38.5 Å². The summed E-state index contributed by atoms with van der Waals surface area (Å²) in [7, 11) is 0. The Hall–Kier alpha value is -4.43. The van der Waals surface area contributed by atoms with E-state index in [0.717, 1.165) is 22.3 Å². The van der Waals surface area contributed by atoms with Crippen LogP contribution in [0.2, 0.25) is 0 Å². The number of carbonyl (C=O) groups is 1. The molecular formula is C32H19NO. The van der Waals surface area contributed by atoms with Crippen LogP contribution in [-0.4, -0.2) is 10.4 Å². The third kappa shape index (κ3) is 1.89. The molecule has 5 aromatic carbocycles. The molecule has 2 heteroatoms. The summed E-state index contributed by atoms with van der Waals surface area (Å²) in [4.78, 5) is 13.7. The van der Waals surface area contributed by atoms with Gasteiger partial charge in [0.25, 0.3) is 0 Å². The number of hydrogen-bond acceptors (Lipinski definition) is 1. The zero-order valence-electron chi connectivity index (χ0n) is 18.3. The first-order valence-electron chi connectivity index (χ1n) is 11.7. The summed E-state index contributed by atoms with van der Waals surface area (Å²) in [6, 6.07) is 40.4. The van der Waals surface area contributed by atoms with E-state index >= 15 is 0 Å².